The minimum absolute atomic E-state index is 0.126. The summed E-state index contributed by atoms with van der Waals surface area (Å²) in [6.07, 6.45) is 2.65. The number of carbonyl (C=O) groups excluding carboxylic acids is 1. The molecule has 128 valence electrons. The van der Waals surface area contributed by atoms with Crippen molar-refractivity contribution in [2.45, 2.75) is 6.42 Å². The maximum Gasteiger partial charge on any atom is 0.254 e. The predicted octanol–water partition coefficient (Wildman–Crippen LogP) is 2.03. The number of carbonyl (C=O) groups is 1. The summed E-state index contributed by atoms with van der Waals surface area (Å²) in [7, 11) is 1.63. The second-order valence-corrected chi connectivity index (χ2v) is 5.91. The second-order valence-electron chi connectivity index (χ2n) is 5.91. The van der Waals surface area contributed by atoms with Crippen molar-refractivity contribution in [2.75, 3.05) is 43.0 Å². The molecule has 0 aliphatic carbocycles. The third-order valence-electron chi connectivity index (χ3n) is 4.42. The van der Waals surface area contributed by atoms with Gasteiger partial charge in [0, 0.05) is 39.4 Å². The van der Waals surface area contributed by atoms with Crippen LogP contribution in [0.4, 0.5) is 11.5 Å². The first-order chi connectivity index (χ1) is 12.2. The molecule has 0 saturated carbocycles. The summed E-state index contributed by atoms with van der Waals surface area (Å²) in [5, 5.41) is 12.0. The van der Waals surface area contributed by atoms with Crippen LogP contribution in [0, 0.1) is 11.3 Å². The van der Waals surface area contributed by atoms with Crippen LogP contribution in [0.1, 0.15) is 22.3 Å². The molecule has 1 fully saturated rings. The first-order valence-corrected chi connectivity index (χ1v) is 8.40. The lowest BCUT2D eigenvalue weighted by molar-refractivity contribution is 0.0963. The molecule has 1 N–H and O–H groups in total. The van der Waals surface area contributed by atoms with Crippen molar-refractivity contribution in [1.29, 1.82) is 5.26 Å². The summed E-state index contributed by atoms with van der Waals surface area (Å²) in [6, 6.07) is 13.5. The normalized spacial score (nSPS) is 14.6. The molecule has 1 saturated heterocycles. The molecule has 1 aromatic carbocycles. The molecular formula is C19H21N5O. The lowest BCUT2D eigenvalue weighted by atomic mass is 10.1. The Morgan fingerprint density at radius 2 is 1.88 bits per heavy atom. The maximum atomic E-state index is 12.1. The number of para-hydroxylation sites is 1. The smallest absolute Gasteiger partial charge is 0.254 e. The van der Waals surface area contributed by atoms with Gasteiger partial charge in [-0.25, -0.2) is 4.98 Å². The van der Waals surface area contributed by atoms with Gasteiger partial charge in [-0.1, -0.05) is 12.1 Å². The van der Waals surface area contributed by atoms with Crippen molar-refractivity contribution in [3.05, 3.63) is 53.7 Å². The van der Waals surface area contributed by atoms with E-state index in [1.54, 1.807) is 25.4 Å². The summed E-state index contributed by atoms with van der Waals surface area (Å²) in [6.45, 7) is 3.23. The highest BCUT2D eigenvalue weighted by molar-refractivity contribution is 5.98. The van der Waals surface area contributed by atoms with Crippen LogP contribution in [-0.2, 0) is 0 Å². The van der Waals surface area contributed by atoms with E-state index in [1.807, 2.05) is 24.3 Å². The summed E-state index contributed by atoms with van der Waals surface area (Å²) in [4.78, 5) is 20.9. The van der Waals surface area contributed by atoms with Crippen LogP contribution in [-0.4, -0.2) is 44.1 Å². The molecule has 1 aromatic heterocycles. The number of hydrogen-bond acceptors (Lipinski definition) is 5. The number of pyridine rings is 1. The van der Waals surface area contributed by atoms with Gasteiger partial charge in [-0.15, -0.1) is 0 Å². The molecule has 1 amide bonds. The van der Waals surface area contributed by atoms with Crippen molar-refractivity contribution in [3.8, 4) is 6.07 Å². The summed E-state index contributed by atoms with van der Waals surface area (Å²) < 4.78 is 0. The van der Waals surface area contributed by atoms with Crippen molar-refractivity contribution in [2.24, 2.45) is 0 Å². The van der Waals surface area contributed by atoms with E-state index in [0.29, 0.717) is 11.1 Å². The SMILES string of the molecule is CNC(=O)c1cccnc1N1CCCN(c2ccccc2C#N)CC1. The number of nitriles is 1. The van der Waals surface area contributed by atoms with E-state index >= 15 is 0 Å². The number of benzene rings is 1. The van der Waals surface area contributed by atoms with Crippen LogP contribution in [0.2, 0.25) is 0 Å². The molecule has 2 heterocycles. The Balaban J connectivity index is 1.81. The van der Waals surface area contributed by atoms with Gasteiger partial charge in [0.1, 0.15) is 11.9 Å². The minimum Gasteiger partial charge on any atom is -0.369 e. The van der Waals surface area contributed by atoms with Crippen molar-refractivity contribution >= 4 is 17.4 Å². The second kappa shape index (κ2) is 7.67. The topological polar surface area (TPSA) is 72.3 Å². The zero-order valence-corrected chi connectivity index (χ0v) is 14.3. The van der Waals surface area contributed by atoms with E-state index in [9.17, 15) is 10.1 Å². The molecule has 0 bridgehead atoms. The van der Waals surface area contributed by atoms with Gasteiger partial charge in [-0.05, 0) is 30.7 Å². The fourth-order valence-corrected chi connectivity index (χ4v) is 3.17. The van der Waals surface area contributed by atoms with E-state index < -0.39 is 0 Å². The van der Waals surface area contributed by atoms with Crippen LogP contribution < -0.4 is 15.1 Å². The van der Waals surface area contributed by atoms with E-state index in [4.69, 9.17) is 0 Å². The zero-order chi connectivity index (χ0) is 17.6. The highest BCUT2D eigenvalue weighted by atomic mass is 16.1. The number of rotatable bonds is 3. The molecule has 0 unspecified atom stereocenters. The van der Waals surface area contributed by atoms with Gasteiger partial charge in [-0.3, -0.25) is 4.79 Å². The highest BCUT2D eigenvalue weighted by Gasteiger charge is 2.21. The van der Waals surface area contributed by atoms with Gasteiger partial charge in [0.15, 0.2) is 0 Å². The van der Waals surface area contributed by atoms with Gasteiger partial charge in [0.25, 0.3) is 5.91 Å². The summed E-state index contributed by atoms with van der Waals surface area (Å²) in [5.41, 5.74) is 2.26. The molecule has 6 heteroatoms. The fraction of sp³-hybridized carbons (Fsp3) is 0.316. The first kappa shape index (κ1) is 16.8. The fourth-order valence-electron chi connectivity index (χ4n) is 3.17. The van der Waals surface area contributed by atoms with E-state index in [-0.39, 0.29) is 5.91 Å². The summed E-state index contributed by atoms with van der Waals surface area (Å²) in [5.74, 6) is 0.594. The molecule has 6 nitrogen and oxygen atoms in total. The van der Waals surface area contributed by atoms with Crippen molar-refractivity contribution in [3.63, 3.8) is 0 Å². The summed E-state index contributed by atoms with van der Waals surface area (Å²) >= 11 is 0. The largest absolute Gasteiger partial charge is 0.369 e. The number of nitrogens with zero attached hydrogens (tertiary/aromatic N) is 4. The molecule has 0 atom stereocenters. The molecule has 25 heavy (non-hydrogen) atoms. The third kappa shape index (κ3) is 3.56. The van der Waals surface area contributed by atoms with Crippen LogP contribution >= 0.6 is 0 Å². The van der Waals surface area contributed by atoms with Gasteiger partial charge in [0.05, 0.1) is 16.8 Å². The molecule has 2 aromatic rings. The zero-order valence-electron chi connectivity index (χ0n) is 14.3. The molecule has 1 aliphatic rings. The third-order valence-corrected chi connectivity index (χ3v) is 4.42. The quantitative estimate of drug-likeness (QED) is 0.929. The Labute approximate surface area is 147 Å². The Hall–Kier alpha value is -3.07. The average molecular weight is 335 g/mol. The van der Waals surface area contributed by atoms with Gasteiger partial charge in [0.2, 0.25) is 0 Å². The van der Waals surface area contributed by atoms with Crippen LogP contribution in [0.25, 0.3) is 0 Å². The Kier molecular flexibility index (Phi) is 5.14. The molecular weight excluding hydrogens is 314 g/mol. The van der Waals surface area contributed by atoms with E-state index in [2.05, 4.69) is 26.2 Å². The van der Waals surface area contributed by atoms with Crippen molar-refractivity contribution in [1.82, 2.24) is 10.3 Å². The first-order valence-electron chi connectivity index (χ1n) is 8.40. The maximum absolute atomic E-state index is 12.1. The lowest BCUT2D eigenvalue weighted by Crippen LogP contribution is -2.33. The number of anilines is 2. The molecule has 0 radical (unpaired) electrons. The van der Waals surface area contributed by atoms with Crippen LogP contribution in [0.15, 0.2) is 42.6 Å². The van der Waals surface area contributed by atoms with E-state index in [0.717, 1.165) is 44.1 Å². The van der Waals surface area contributed by atoms with Crippen LogP contribution in [0.5, 0.6) is 0 Å². The number of hydrogen-bond donors (Lipinski definition) is 1. The van der Waals surface area contributed by atoms with Gasteiger partial charge >= 0.3 is 0 Å². The number of nitrogens with one attached hydrogen (secondary N) is 1. The average Bonchev–Trinajstić information content (AvgIpc) is 2.93. The number of amides is 1. The monoisotopic (exact) mass is 335 g/mol. The minimum atomic E-state index is -0.126. The Bertz CT molecular complexity index is 798. The Morgan fingerprint density at radius 1 is 1.12 bits per heavy atom. The predicted molar refractivity (Wildman–Crippen MR) is 97.8 cm³/mol. The van der Waals surface area contributed by atoms with E-state index in [1.165, 1.54) is 0 Å². The molecule has 3 rings (SSSR count). The van der Waals surface area contributed by atoms with Crippen LogP contribution in [0.3, 0.4) is 0 Å². The lowest BCUT2D eigenvalue weighted by Gasteiger charge is -2.25. The number of aromatic nitrogens is 1. The van der Waals surface area contributed by atoms with Gasteiger partial charge < -0.3 is 15.1 Å². The van der Waals surface area contributed by atoms with Crippen molar-refractivity contribution < 1.29 is 4.79 Å². The van der Waals surface area contributed by atoms with Gasteiger partial charge in [-0.2, -0.15) is 5.26 Å². The molecule has 0 spiro atoms. The Morgan fingerprint density at radius 3 is 2.68 bits per heavy atom. The molecule has 1 aliphatic heterocycles. The standard InChI is InChI=1S/C19H21N5O/c1-21-19(25)16-7-4-9-22-18(16)24-11-5-10-23(12-13-24)17-8-3-2-6-15(17)14-20/h2-4,6-9H,5,10-13H2,1H3,(H,21,25). The highest BCUT2D eigenvalue weighted by Crippen LogP contribution is 2.24.